The first kappa shape index (κ1) is 15.7. The maximum absolute atomic E-state index is 12.8. The van der Waals surface area contributed by atoms with Gasteiger partial charge in [-0.1, -0.05) is 0 Å². The zero-order valence-electron chi connectivity index (χ0n) is 13.7. The van der Waals surface area contributed by atoms with Gasteiger partial charge in [0, 0.05) is 12.1 Å². The van der Waals surface area contributed by atoms with Crippen molar-refractivity contribution < 1.29 is 9.90 Å². The third-order valence-corrected chi connectivity index (χ3v) is 4.44. The maximum Gasteiger partial charge on any atom is 0.254 e. The average molecular weight is 314 g/mol. The fraction of sp³-hybridized carbons (Fsp3) is 0.471. The summed E-state index contributed by atoms with van der Waals surface area (Å²) in [4.78, 5) is 18.6. The van der Waals surface area contributed by atoms with Crippen LogP contribution in [0.15, 0.2) is 30.9 Å². The summed E-state index contributed by atoms with van der Waals surface area (Å²) in [5.74, 6) is -0.0251. The molecule has 6 heteroatoms. The average Bonchev–Trinajstić information content (AvgIpc) is 3.17. The zero-order valence-corrected chi connectivity index (χ0v) is 13.7. The largest absolute Gasteiger partial charge is 0.388 e. The molecule has 2 heterocycles. The number of carbonyl (C=O) groups excluding carboxylic acids is 1. The van der Waals surface area contributed by atoms with Crippen LogP contribution < -0.4 is 0 Å². The van der Waals surface area contributed by atoms with Gasteiger partial charge in [0.05, 0.1) is 17.3 Å². The van der Waals surface area contributed by atoms with Gasteiger partial charge in [0.15, 0.2) is 0 Å². The summed E-state index contributed by atoms with van der Waals surface area (Å²) in [5.41, 5.74) is 1.62. The molecule has 0 radical (unpaired) electrons. The normalized spacial score (nSPS) is 18.4. The second-order valence-corrected chi connectivity index (χ2v) is 6.65. The first-order valence-corrected chi connectivity index (χ1v) is 7.87. The molecule has 23 heavy (non-hydrogen) atoms. The molecule has 1 amide bonds. The maximum atomic E-state index is 12.8. The van der Waals surface area contributed by atoms with Crippen molar-refractivity contribution in [2.75, 3.05) is 6.54 Å². The molecule has 0 spiro atoms. The molecule has 1 fully saturated rings. The molecule has 1 atom stereocenters. The Labute approximate surface area is 135 Å². The van der Waals surface area contributed by atoms with Crippen molar-refractivity contribution in [2.24, 2.45) is 0 Å². The van der Waals surface area contributed by atoms with Crippen molar-refractivity contribution in [3.63, 3.8) is 0 Å². The molecular formula is C17H22N4O2. The van der Waals surface area contributed by atoms with Crippen LogP contribution in [-0.2, 0) is 0 Å². The summed E-state index contributed by atoms with van der Waals surface area (Å²) in [5, 5.41) is 14.4. The van der Waals surface area contributed by atoms with Crippen LogP contribution in [0.2, 0.25) is 0 Å². The molecule has 122 valence electrons. The summed E-state index contributed by atoms with van der Waals surface area (Å²) < 4.78 is 1.68. The number of benzene rings is 1. The van der Waals surface area contributed by atoms with E-state index in [1.165, 1.54) is 6.33 Å². The van der Waals surface area contributed by atoms with Gasteiger partial charge in [-0.05, 0) is 57.4 Å². The number of rotatable bonds is 3. The summed E-state index contributed by atoms with van der Waals surface area (Å²) >= 11 is 0. The van der Waals surface area contributed by atoms with Crippen molar-refractivity contribution in [3.8, 4) is 5.69 Å². The first-order chi connectivity index (χ1) is 10.9. The van der Waals surface area contributed by atoms with Crippen molar-refractivity contribution >= 4 is 5.91 Å². The quantitative estimate of drug-likeness (QED) is 0.940. The second-order valence-electron chi connectivity index (χ2n) is 6.65. The van der Waals surface area contributed by atoms with Crippen LogP contribution in [0.5, 0.6) is 0 Å². The Bertz CT molecular complexity index is 704. The highest BCUT2D eigenvalue weighted by atomic mass is 16.3. The van der Waals surface area contributed by atoms with E-state index in [-0.39, 0.29) is 11.9 Å². The van der Waals surface area contributed by atoms with E-state index in [1.54, 1.807) is 29.8 Å². The Morgan fingerprint density at radius 2 is 2.17 bits per heavy atom. The van der Waals surface area contributed by atoms with E-state index in [9.17, 15) is 9.90 Å². The van der Waals surface area contributed by atoms with E-state index in [4.69, 9.17) is 0 Å². The van der Waals surface area contributed by atoms with Gasteiger partial charge in [0.2, 0.25) is 0 Å². The minimum atomic E-state index is -0.887. The van der Waals surface area contributed by atoms with Gasteiger partial charge < -0.3 is 10.0 Å². The van der Waals surface area contributed by atoms with Crippen LogP contribution >= 0.6 is 0 Å². The predicted octanol–water partition coefficient (Wildman–Crippen LogP) is 1.95. The number of hydrogen-bond donors (Lipinski definition) is 1. The van der Waals surface area contributed by atoms with Crippen molar-refractivity contribution in [2.45, 2.75) is 45.3 Å². The van der Waals surface area contributed by atoms with Crippen molar-refractivity contribution in [1.29, 1.82) is 0 Å². The SMILES string of the molecule is Cc1cc(C(=O)N2CCCC2C(C)(C)O)ccc1-n1cncn1. The number of aryl methyl sites for hydroxylation is 1. The van der Waals surface area contributed by atoms with E-state index < -0.39 is 5.60 Å². The molecule has 0 bridgehead atoms. The lowest BCUT2D eigenvalue weighted by molar-refractivity contribution is 0.000334. The van der Waals surface area contributed by atoms with E-state index in [0.717, 1.165) is 24.1 Å². The summed E-state index contributed by atoms with van der Waals surface area (Å²) in [6.07, 6.45) is 4.88. The highest BCUT2D eigenvalue weighted by molar-refractivity contribution is 5.95. The summed E-state index contributed by atoms with van der Waals surface area (Å²) in [7, 11) is 0. The number of aromatic nitrogens is 3. The Balaban J connectivity index is 1.87. The number of hydrogen-bond acceptors (Lipinski definition) is 4. The van der Waals surface area contributed by atoms with Gasteiger partial charge in [-0.3, -0.25) is 4.79 Å². The lowest BCUT2D eigenvalue weighted by Crippen LogP contribution is -2.48. The van der Waals surface area contributed by atoms with E-state index in [1.807, 2.05) is 25.1 Å². The van der Waals surface area contributed by atoms with E-state index >= 15 is 0 Å². The number of aliphatic hydroxyl groups is 1. The first-order valence-electron chi connectivity index (χ1n) is 7.87. The molecule has 1 aromatic heterocycles. The highest BCUT2D eigenvalue weighted by Gasteiger charge is 2.38. The third-order valence-electron chi connectivity index (χ3n) is 4.44. The molecule has 1 N–H and O–H groups in total. The van der Waals surface area contributed by atoms with E-state index in [0.29, 0.717) is 12.1 Å². The summed E-state index contributed by atoms with van der Waals surface area (Å²) in [6.45, 7) is 6.17. The van der Waals surface area contributed by atoms with Gasteiger partial charge in [0.1, 0.15) is 12.7 Å². The van der Waals surface area contributed by atoms with Crippen LogP contribution in [0.4, 0.5) is 0 Å². The molecule has 6 nitrogen and oxygen atoms in total. The number of carbonyl (C=O) groups is 1. The molecule has 0 saturated carbocycles. The van der Waals surface area contributed by atoms with Gasteiger partial charge in [-0.15, -0.1) is 0 Å². The lowest BCUT2D eigenvalue weighted by Gasteiger charge is -2.34. The smallest absolute Gasteiger partial charge is 0.254 e. The number of likely N-dealkylation sites (tertiary alicyclic amines) is 1. The van der Waals surface area contributed by atoms with Gasteiger partial charge in [0.25, 0.3) is 5.91 Å². The minimum Gasteiger partial charge on any atom is -0.388 e. The van der Waals surface area contributed by atoms with E-state index in [2.05, 4.69) is 10.1 Å². The monoisotopic (exact) mass is 314 g/mol. The molecule has 0 aliphatic carbocycles. The topological polar surface area (TPSA) is 71.2 Å². The molecule has 1 saturated heterocycles. The molecule has 1 aliphatic rings. The fourth-order valence-corrected chi connectivity index (χ4v) is 3.29. The lowest BCUT2D eigenvalue weighted by atomic mass is 9.96. The number of amides is 1. The second kappa shape index (κ2) is 5.77. The molecule has 3 rings (SSSR count). The minimum absolute atomic E-state index is 0.0251. The highest BCUT2D eigenvalue weighted by Crippen LogP contribution is 2.28. The van der Waals surface area contributed by atoms with Crippen molar-refractivity contribution in [1.82, 2.24) is 19.7 Å². The van der Waals surface area contributed by atoms with Gasteiger partial charge in [-0.2, -0.15) is 5.10 Å². The van der Waals surface area contributed by atoms with Crippen LogP contribution in [0.3, 0.4) is 0 Å². The third kappa shape index (κ3) is 2.99. The van der Waals surface area contributed by atoms with Crippen LogP contribution in [0.25, 0.3) is 5.69 Å². The Hall–Kier alpha value is -2.21. The fourth-order valence-electron chi connectivity index (χ4n) is 3.29. The molecule has 1 unspecified atom stereocenters. The molecule has 1 aliphatic heterocycles. The standard InChI is InChI=1S/C17H22N4O2/c1-12-9-13(6-7-14(12)21-11-18-10-19-21)16(22)20-8-4-5-15(20)17(2,3)23/h6-7,9-11,15,23H,4-5,8H2,1-3H3. The molecule has 2 aromatic rings. The molecule has 1 aromatic carbocycles. The van der Waals surface area contributed by atoms with Crippen LogP contribution in [0, 0.1) is 6.92 Å². The van der Waals surface area contributed by atoms with Crippen molar-refractivity contribution in [3.05, 3.63) is 42.0 Å². The van der Waals surface area contributed by atoms with Gasteiger partial charge >= 0.3 is 0 Å². The zero-order chi connectivity index (χ0) is 16.6. The Morgan fingerprint density at radius 3 is 2.78 bits per heavy atom. The number of nitrogens with zero attached hydrogens (tertiary/aromatic N) is 4. The Morgan fingerprint density at radius 1 is 1.39 bits per heavy atom. The van der Waals surface area contributed by atoms with Gasteiger partial charge in [-0.25, -0.2) is 9.67 Å². The van der Waals surface area contributed by atoms with Crippen LogP contribution in [0.1, 0.15) is 42.6 Å². The van der Waals surface area contributed by atoms with Crippen LogP contribution in [-0.4, -0.2) is 48.9 Å². The summed E-state index contributed by atoms with van der Waals surface area (Å²) in [6, 6.07) is 5.43. The molecular weight excluding hydrogens is 292 g/mol. The Kier molecular flexibility index (Phi) is 3.93. The predicted molar refractivity (Wildman–Crippen MR) is 86.5 cm³/mol.